The Morgan fingerprint density at radius 3 is 2.54 bits per heavy atom. The van der Waals surface area contributed by atoms with Gasteiger partial charge in [-0.25, -0.2) is 9.67 Å². The molecule has 0 amide bonds. The molecule has 8 nitrogen and oxygen atoms in total. The van der Waals surface area contributed by atoms with Gasteiger partial charge in [0, 0.05) is 44.1 Å². The van der Waals surface area contributed by atoms with Crippen LogP contribution in [0.3, 0.4) is 0 Å². The summed E-state index contributed by atoms with van der Waals surface area (Å²) in [6.07, 6.45) is -2.83. The summed E-state index contributed by atoms with van der Waals surface area (Å²) in [6, 6.07) is 7.31. The van der Waals surface area contributed by atoms with Crippen LogP contribution in [0.15, 0.2) is 42.0 Å². The Bertz CT molecular complexity index is 1370. The van der Waals surface area contributed by atoms with Crippen LogP contribution in [0.5, 0.6) is 5.88 Å². The molecule has 5 rings (SSSR count). The summed E-state index contributed by atoms with van der Waals surface area (Å²) in [6.45, 7) is 1.95. The van der Waals surface area contributed by atoms with E-state index >= 15 is 4.39 Å². The van der Waals surface area contributed by atoms with Crippen LogP contribution in [0.4, 0.5) is 22.0 Å². The smallest absolute Gasteiger partial charge is 0.472 e. The highest BCUT2D eigenvalue weighted by Gasteiger charge is 2.36. The van der Waals surface area contributed by atoms with E-state index in [1.165, 1.54) is 41.2 Å². The maximum Gasteiger partial charge on any atom is 0.485 e. The third-order valence-corrected chi connectivity index (χ3v) is 7.25. The largest absolute Gasteiger partial charge is 0.485 e. The van der Waals surface area contributed by atoms with E-state index in [0.29, 0.717) is 44.6 Å². The Morgan fingerprint density at radius 2 is 1.90 bits per heavy atom. The van der Waals surface area contributed by atoms with Gasteiger partial charge in [0.05, 0.1) is 24.0 Å². The summed E-state index contributed by atoms with van der Waals surface area (Å²) in [5, 5.41) is 24.1. The van der Waals surface area contributed by atoms with Gasteiger partial charge in [-0.2, -0.15) is 17.6 Å². The molecule has 0 saturated carbocycles. The topological polar surface area (TPSA) is 92.9 Å². The first-order chi connectivity index (χ1) is 19.6. The van der Waals surface area contributed by atoms with Crippen molar-refractivity contribution in [2.75, 3.05) is 32.9 Å². The lowest BCUT2D eigenvalue weighted by atomic mass is 9.71. The Hall–Kier alpha value is -3.07. The monoisotopic (exact) mass is 580 g/mol. The summed E-state index contributed by atoms with van der Waals surface area (Å²) < 4.78 is 81.0. The van der Waals surface area contributed by atoms with Crippen LogP contribution in [0, 0.1) is 5.95 Å². The molecule has 0 radical (unpaired) electrons. The normalized spacial score (nSPS) is 19.2. The van der Waals surface area contributed by atoms with E-state index in [0.717, 1.165) is 12.8 Å². The number of ether oxygens (including phenoxy) is 2. The molecule has 0 aliphatic carbocycles. The van der Waals surface area contributed by atoms with E-state index in [2.05, 4.69) is 10.1 Å². The fraction of sp³-hybridized carbons (Fsp3) is 0.481. The zero-order valence-corrected chi connectivity index (χ0v) is 22.2. The molecule has 1 unspecified atom stereocenters. The number of hydrogen-bond donors (Lipinski definition) is 2. The zero-order chi connectivity index (χ0) is 29.1. The second-order valence-corrected chi connectivity index (χ2v) is 10.3. The van der Waals surface area contributed by atoms with Crippen LogP contribution in [0.25, 0.3) is 16.5 Å². The van der Waals surface area contributed by atoms with Gasteiger partial charge in [-0.05, 0) is 60.5 Å². The molecule has 0 spiro atoms. The predicted molar refractivity (Wildman–Crippen MR) is 141 cm³/mol. The summed E-state index contributed by atoms with van der Waals surface area (Å²) >= 11 is 0. The van der Waals surface area contributed by atoms with E-state index in [9.17, 15) is 27.6 Å². The minimum Gasteiger partial charge on any atom is -0.472 e. The number of pyridine rings is 1. The molecular formula is C27H30BF5N4O4. The fourth-order valence-electron chi connectivity index (χ4n) is 5.29. The Morgan fingerprint density at radius 1 is 1.12 bits per heavy atom. The minimum atomic E-state index is -4.75. The third kappa shape index (κ3) is 6.88. The average molecular weight is 580 g/mol. The molecule has 2 N–H and O–H groups in total. The highest BCUT2D eigenvalue weighted by molar-refractivity contribution is 6.53. The molecule has 4 heterocycles. The molecule has 41 heavy (non-hydrogen) atoms. The van der Waals surface area contributed by atoms with E-state index in [1.807, 2.05) is 4.90 Å². The number of rotatable bonds is 10. The van der Waals surface area contributed by atoms with Gasteiger partial charge >= 0.3 is 13.3 Å². The SMILES string of the molecule is OB(O)C(CC(F)(F)F)=C(c1ccc(OC2CN(CCCF)C2)nc1)c1ccc2c(c1)c(F)nn2C1CCCCO1. The standard InChI is InChI=1S/C27H30BF5N4O4/c29-9-3-10-36-15-19(16-36)41-23-8-6-18(14-34-23)25(21(28(38)39)13-27(31,32)33)17-5-7-22-20(12-17)26(30)35-37(22)24-4-1-2-11-40-24/h5-8,12,14,19,24,38-39H,1-4,9-11,13,15-16H2. The average Bonchev–Trinajstić information content (AvgIpc) is 3.26. The number of hydrogen-bond acceptors (Lipinski definition) is 7. The van der Waals surface area contributed by atoms with Crippen LogP contribution in [0.1, 0.15) is 49.5 Å². The lowest BCUT2D eigenvalue weighted by Gasteiger charge is -2.38. The van der Waals surface area contributed by atoms with Crippen molar-refractivity contribution in [2.24, 2.45) is 0 Å². The molecule has 1 aromatic carbocycles. The second-order valence-electron chi connectivity index (χ2n) is 10.3. The summed E-state index contributed by atoms with van der Waals surface area (Å²) in [5.74, 6) is -0.583. The van der Waals surface area contributed by atoms with Gasteiger partial charge < -0.3 is 19.5 Å². The first kappa shape index (κ1) is 29.4. The molecule has 1 atom stereocenters. The quantitative estimate of drug-likeness (QED) is 0.270. The number of halogens is 5. The molecule has 2 fully saturated rings. The summed E-state index contributed by atoms with van der Waals surface area (Å²) in [5.41, 5.74) is -0.155. The van der Waals surface area contributed by atoms with Gasteiger partial charge in [-0.1, -0.05) is 6.07 Å². The zero-order valence-electron chi connectivity index (χ0n) is 22.2. The van der Waals surface area contributed by atoms with Gasteiger partial charge in [0.15, 0.2) is 6.23 Å². The van der Waals surface area contributed by atoms with Crippen molar-refractivity contribution in [2.45, 2.75) is 50.6 Å². The molecule has 3 aromatic rings. The van der Waals surface area contributed by atoms with Crippen LogP contribution in [-0.4, -0.2) is 82.0 Å². The number of aromatic nitrogens is 3. The number of benzene rings is 1. The first-order valence-corrected chi connectivity index (χ1v) is 13.5. The van der Waals surface area contributed by atoms with Gasteiger partial charge in [-0.15, -0.1) is 5.10 Å². The van der Waals surface area contributed by atoms with Crippen LogP contribution >= 0.6 is 0 Å². The van der Waals surface area contributed by atoms with Crippen molar-refractivity contribution in [3.05, 3.63) is 59.1 Å². The van der Waals surface area contributed by atoms with E-state index in [-0.39, 0.29) is 34.1 Å². The fourth-order valence-corrected chi connectivity index (χ4v) is 5.29. The molecule has 14 heteroatoms. The Kier molecular flexibility index (Phi) is 8.92. The lowest BCUT2D eigenvalue weighted by Crippen LogP contribution is -2.54. The van der Waals surface area contributed by atoms with Crippen molar-refractivity contribution in [3.8, 4) is 5.88 Å². The number of likely N-dealkylation sites (tertiary alicyclic amines) is 1. The molecule has 2 saturated heterocycles. The van der Waals surface area contributed by atoms with Gasteiger partial charge in [-0.3, -0.25) is 9.29 Å². The van der Waals surface area contributed by atoms with Gasteiger partial charge in [0.2, 0.25) is 11.8 Å². The Balaban J connectivity index is 1.48. The van der Waals surface area contributed by atoms with Crippen molar-refractivity contribution >= 4 is 23.6 Å². The highest BCUT2D eigenvalue weighted by atomic mass is 19.4. The predicted octanol–water partition coefficient (Wildman–Crippen LogP) is 4.46. The van der Waals surface area contributed by atoms with Crippen LogP contribution < -0.4 is 4.74 Å². The second kappa shape index (κ2) is 12.4. The summed E-state index contributed by atoms with van der Waals surface area (Å²) in [4.78, 5) is 6.26. The van der Waals surface area contributed by atoms with Crippen LogP contribution in [-0.2, 0) is 4.74 Å². The van der Waals surface area contributed by atoms with Crippen LogP contribution in [0.2, 0.25) is 0 Å². The molecule has 2 aliphatic heterocycles. The van der Waals surface area contributed by atoms with Crippen molar-refractivity contribution in [1.29, 1.82) is 0 Å². The molecule has 2 aliphatic rings. The highest BCUT2D eigenvalue weighted by Crippen LogP contribution is 2.37. The molecule has 220 valence electrons. The Labute approximate surface area is 233 Å². The van der Waals surface area contributed by atoms with E-state index in [4.69, 9.17) is 9.47 Å². The van der Waals surface area contributed by atoms with Crippen molar-refractivity contribution in [3.63, 3.8) is 0 Å². The van der Waals surface area contributed by atoms with Crippen molar-refractivity contribution in [1.82, 2.24) is 19.7 Å². The van der Waals surface area contributed by atoms with E-state index < -0.39 is 44.0 Å². The summed E-state index contributed by atoms with van der Waals surface area (Å²) in [7, 11) is -2.44. The third-order valence-electron chi connectivity index (χ3n) is 7.25. The molecule has 2 aromatic heterocycles. The van der Waals surface area contributed by atoms with E-state index in [1.54, 1.807) is 0 Å². The number of fused-ring (bicyclic) bond motifs is 1. The number of alkyl halides is 4. The first-order valence-electron chi connectivity index (χ1n) is 13.5. The molecule has 0 bridgehead atoms. The molecular weight excluding hydrogens is 550 g/mol. The lowest BCUT2D eigenvalue weighted by molar-refractivity contribution is -0.126. The maximum absolute atomic E-state index is 15.0. The van der Waals surface area contributed by atoms with Crippen molar-refractivity contribution < 1.29 is 41.5 Å². The van der Waals surface area contributed by atoms with Gasteiger partial charge in [0.25, 0.3) is 0 Å². The van der Waals surface area contributed by atoms with Gasteiger partial charge in [0.1, 0.15) is 6.10 Å². The number of allylic oxidation sites excluding steroid dienone is 1. The maximum atomic E-state index is 15.0. The minimum absolute atomic E-state index is 0.0585. The number of nitrogens with zero attached hydrogens (tertiary/aromatic N) is 4.